The molecule has 12 heteroatoms. The summed E-state index contributed by atoms with van der Waals surface area (Å²) in [4.78, 5) is 0. The molecule has 0 N–H and O–H groups in total. The first-order chi connectivity index (χ1) is 9.18. The molecule has 4 unspecified atom stereocenters. The summed E-state index contributed by atoms with van der Waals surface area (Å²) in [6, 6.07) is 0. The quantitative estimate of drug-likeness (QED) is 0.662. The van der Waals surface area contributed by atoms with Gasteiger partial charge in [0.15, 0.2) is 18.5 Å². The lowest BCUT2D eigenvalue weighted by atomic mass is 9.76. The van der Waals surface area contributed by atoms with Crippen LogP contribution in [-0.2, 0) is 0 Å². The third-order valence-corrected chi connectivity index (χ3v) is 3.10. The average molecular weight is 342 g/mol. The Balaban J connectivity index is 3.29. The van der Waals surface area contributed by atoms with E-state index >= 15 is 0 Å². The topological polar surface area (TPSA) is 0 Å². The monoisotopic (exact) mass is 342 g/mol. The van der Waals surface area contributed by atoms with Gasteiger partial charge in [-0.2, -0.15) is 30.7 Å². The fourth-order valence-electron chi connectivity index (χ4n) is 1.90. The van der Waals surface area contributed by atoms with Crippen molar-refractivity contribution in [1.29, 1.82) is 0 Å². The van der Waals surface area contributed by atoms with E-state index in [1.807, 2.05) is 0 Å². The van der Waals surface area contributed by atoms with Crippen LogP contribution < -0.4 is 0 Å². The van der Waals surface area contributed by atoms with Crippen molar-refractivity contribution < 1.29 is 52.7 Å². The van der Waals surface area contributed by atoms with Gasteiger partial charge in [-0.1, -0.05) is 0 Å². The molecule has 0 bridgehead atoms. The van der Waals surface area contributed by atoms with Crippen LogP contribution in [0.1, 0.15) is 0 Å². The molecule has 0 amide bonds. The second-order valence-electron chi connectivity index (χ2n) is 4.44. The summed E-state index contributed by atoms with van der Waals surface area (Å²) in [5, 5.41) is 0. The number of halogens is 12. The van der Waals surface area contributed by atoms with E-state index < -0.39 is 54.8 Å². The minimum absolute atomic E-state index is 3.60. The maximum atomic E-state index is 13.2. The standard InChI is InChI=1S/C9H6F12/c10-2-1(3(11)5(13)6(14)4(2)12)7(15,16)8(17,18)9(19,20)21/h1-6H. The van der Waals surface area contributed by atoms with Crippen LogP contribution in [-0.4, -0.2) is 48.9 Å². The first-order valence-corrected chi connectivity index (χ1v) is 5.20. The fourth-order valence-corrected chi connectivity index (χ4v) is 1.90. The van der Waals surface area contributed by atoms with Crippen molar-refractivity contribution in [2.24, 2.45) is 5.92 Å². The van der Waals surface area contributed by atoms with Gasteiger partial charge in [-0.3, -0.25) is 0 Å². The lowest BCUT2D eigenvalue weighted by Gasteiger charge is -2.42. The molecule has 1 rings (SSSR count). The first kappa shape index (κ1) is 18.2. The van der Waals surface area contributed by atoms with Crippen LogP contribution in [0.3, 0.4) is 0 Å². The molecular formula is C9H6F12. The van der Waals surface area contributed by atoms with Gasteiger partial charge in [0.05, 0.1) is 5.92 Å². The zero-order valence-corrected chi connectivity index (χ0v) is 9.50. The smallest absolute Gasteiger partial charge is 0.243 e. The molecule has 126 valence electrons. The lowest BCUT2D eigenvalue weighted by Crippen LogP contribution is -2.65. The highest BCUT2D eigenvalue weighted by molar-refractivity contribution is 5.08. The summed E-state index contributed by atoms with van der Waals surface area (Å²) in [5.74, 6) is -17.8. The molecule has 4 atom stereocenters. The molecule has 1 fully saturated rings. The Hall–Kier alpha value is -0.840. The third-order valence-electron chi connectivity index (χ3n) is 3.10. The molecule has 0 aromatic rings. The van der Waals surface area contributed by atoms with Crippen molar-refractivity contribution >= 4 is 0 Å². The van der Waals surface area contributed by atoms with E-state index in [0.717, 1.165) is 0 Å². The lowest BCUT2D eigenvalue weighted by molar-refractivity contribution is -0.377. The molecular weight excluding hydrogens is 336 g/mol. The van der Waals surface area contributed by atoms with Crippen molar-refractivity contribution in [1.82, 2.24) is 0 Å². The van der Waals surface area contributed by atoms with Crippen LogP contribution in [0, 0.1) is 5.92 Å². The molecule has 0 radical (unpaired) electrons. The number of rotatable bonds is 2. The molecule has 21 heavy (non-hydrogen) atoms. The number of hydrogen-bond donors (Lipinski definition) is 0. The van der Waals surface area contributed by atoms with Crippen molar-refractivity contribution in [3.63, 3.8) is 0 Å². The Kier molecular flexibility index (Phi) is 4.43. The maximum absolute atomic E-state index is 13.2. The Labute approximate surface area is 109 Å². The van der Waals surface area contributed by atoms with Gasteiger partial charge in [0.25, 0.3) is 0 Å². The Morgan fingerprint density at radius 2 is 0.762 bits per heavy atom. The van der Waals surface area contributed by atoms with Gasteiger partial charge in [0.2, 0.25) is 0 Å². The van der Waals surface area contributed by atoms with E-state index in [9.17, 15) is 52.7 Å². The van der Waals surface area contributed by atoms with Gasteiger partial charge in [0, 0.05) is 0 Å². The van der Waals surface area contributed by atoms with E-state index in [1.54, 1.807) is 0 Å². The molecule has 0 saturated heterocycles. The third kappa shape index (κ3) is 2.54. The van der Waals surface area contributed by atoms with E-state index in [2.05, 4.69) is 0 Å². The molecule has 1 aliphatic rings. The van der Waals surface area contributed by atoms with Gasteiger partial charge < -0.3 is 0 Å². The summed E-state index contributed by atoms with van der Waals surface area (Å²) >= 11 is 0. The summed E-state index contributed by atoms with van der Waals surface area (Å²) in [6.07, 6.45) is -26.3. The largest absolute Gasteiger partial charge is 0.459 e. The molecule has 1 saturated carbocycles. The normalized spacial score (nSPS) is 39.4. The zero-order valence-electron chi connectivity index (χ0n) is 9.50. The van der Waals surface area contributed by atoms with E-state index in [-0.39, 0.29) is 0 Å². The fraction of sp³-hybridized carbons (Fsp3) is 1.00. The second-order valence-corrected chi connectivity index (χ2v) is 4.44. The maximum Gasteiger partial charge on any atom is 0.459 e. The Morgan fingerprint density at radius 1 is 0.476 bits per heavy atom. The van der Waals surface area contributed by atoms with Gasteiger partial charge in [0.1, 0.15) is 12.3 Å². The van der Waals surface area contributed by atoms with Gasteiger partial charge in [-0.25, -0.2) is 22.0 Å². The van der Waals surface area contributed by atoms with Crippen molar-refractivity contribution in [3.05, 3.63) is 0 Å². The van der Waals surface area contributed by atoms with Crippen molar-refractivity contribution in [3.8, 4) is 0 Å². The number of hydrogen-bond acceptors (Lipinski definition) is 0. The molecule has 0 heterocycles. The summed E-state index contributed by atoms with van der Waals surface area (Å²) < 4.78 is 152. The summed E-state index contributed by atoms with van der Waals surface area (Å²) in [7, 11) is 0. The van der Waals surface area contributed by atoms with Crippen LogP contribution in [0.15, 0.2) is 0 Å². The predicted molar refractivity (Wildman–Crippen MR) is 43.9 cm³/mol. The van der Waals surface area contributed by atoms with Gasteiger partial charge in [-0.15, -0.1) is 0 Å². The molecule has 0 aliphatic heterocycles. The van der Waals surface area contributed by atoms with Crippen LogP contribution >= 0.6 is 0 Å². The Bertz CT molecular complexity index is 359. The molecule has 0 nitrogen and oxygen atoms in total. The van der Waals surface area contributed by atoms with Gasteiger partial charge >= 0.3 is 18.0 Å². The minimum atomic E-state index is -6.96. The number of alkyl halides is 12. The highest BCUT2D eigenvalue weighted by Gasteiger charge is 2.79. The van der Waals surface area contributed by atoms with E-state index in [4.69, 9.17) is 0 Å². The zero-order chi connectivity index (χ0) is 17.0. The molecule has 1 aliphatic carbocycles. The molecule has 0 aromatic carbocycles. The van der Waals surface area contributed by atoms with E-state index in [0.29, 0.717) is 0 Å². The van der Waals surface area contributed by atoms with Crippen LogP contribution in [0.4, 0.5) is 52.7 Å². The second kappa shape index (κ2) is 5.11. The highest BCUT2D eigenvalue weighted by atomic mass is 19.4. The summed E-state index contributed by atoms with van der Waals surface area (Å²) in [6.45, 7) is 0. The molecule has 0 aromatic heterocycles. The SMILES string of the molecule is FC1C(F)C(F)C(C(F)(F)C(F)(F)C(F)(F)F)C(F)C1F. The van der Waals surface area contributed by atoms with Crippen LogP contribution in [0.5, 0.6) is 0 Å². The predicted octanol–water partition coefficient (Wildman–Crippen LogP) is 4.14. The average Bonchev–Trinajstić information content (AvgIpc) is 2.32. The minimum Gasteiger partial charge on any atom is -0.243 e. The Morgan fingerprint density at radius 3 is 1.05 bits per heavy atom. The van der Waals surface area contributed by atoms with Crippen molar-refractivity contribution in [2.75, 3.05) is 0 Å². The van der Waals surface area contributed by atoms with Crippen LogP contribution in [0.25, 0.3) is 0 Å². The summed E-state index contributed by atoms with van der Waals surface area (Å²) in [5.41, 5.74) is 0. The highest BCUT2D eigenvalue weighted by Crippen LogP contribution is 2.54. The van der Waals surface area contributed by atoms with E-state index in [1.165, 1.54) is 0 Å². The molecule has 0 spiro atoms. The first-order valence-electron chi connectivity index (χ1n) is 5.20. The van der Waals surface area contributed by atoms with Gasteiger partial charge in [-0.05, 0) is 0 Å². The van der Waals surface area contributed by atoms with Crippen molar-refractivity contribution in [2.45, 2.75) is 48.9 Å². The van der Waals surface area contributed by atoms with Crippen LogP contribution in [0.2, 0.25) is 0 Å².